The maximum Gasteiger partial charge on any atom is 0.263 e. The van der Waals surface area contributed by atoms with Crippen molar-refractivity contribution in [1.29, 1.82) is 0 Å². The van der Waals surface area contributed by atoms with Crippen molar-refractivity contribution < 1.29 is 13.7 Å². The fraction of sp³-hybridized carbons (Fsp3) is 0.154. The average Bonchev–Trinajstić information content (AvgIpc) is 3.01. The van der Waals surface area contributed by atoms with Gasteiger partial charge >= 0.3 is 0 Å². The molecule has 0 aliphatic heterocycles. The second-order valence-corrected chi connectivity index (χ2v) is 5.45. The molecule has 0 saturated carbocycles. The number of nitrogens with one attached hydrogen (secondary N) is 1. The first kappa shape index (κ1) is 13.5. The summed E-state index contributed by atoms with van der Waals surface area (Å²) in [5.74, 6) is 0.0699. The second kappa shape index (κ2) is 5.13. The molecule has 3 rings (SSSR count). The molecule has 8 heteroatoms. The van der Waals surface area contributed by atoms with Crippen LogP contribution in [-0.4, -0.2) is 16.0 Å². The van der Waals surface area contributed by atoms with E-state index in [1.54, 1.807) is 13.0 Å². The third kappa shape index (κ3) is 2.57. The van der Waals surface area contributed by atoms with E-state index in [1.807, 2.05) is 0 Å². The van der Waals surface area contributed by atoms with Gasteiger partial charge in [-0.3, -0.25) is 4.79 Å². The van der Waals surface area contributed by atoms with Crippen molar-refractivity contribution >= 4 is 33.0 Å². The molecule has 0 aliphatic rings. The number of nitrogen functional groups attached to an aromatic ring is 1. The van der Waals surface area contributed by atoms with Crippen molar-refractivity contribution in [2.45, 2.75) is 13.5 Å². The van der Waals surface area contributed by atoms with Gasteiger partial charge in [0.2, 0.25) is 5.89 Å². The number of aryl methyl sites for hydroxylation is 1. The minimum atomic E-state index is -0.388. The van der Waals surface area contributed by atoms with E-state index in [1.165, 1.54) is 23.5 Å². The number of thiophene rings is 1. The molecule has 0 unspecified atom stereocenters. The third-order valence-corrected chi connectivity index (χ3v) is 4.06. The number of carbonyl (C=O) groups is 1. The van der Waals surface area contributed by atoms with Gasteiger partial charge in [0.05, 0.1) is 12.2 Å². The first-order chi connectivity index (χ1) is 10.0. The molecule has 108 valence electrons. The van der Waals surface area contributed by atoms with E-state index in [0.717, 1.165) is 4.70 Å². The van der Waals surface area contributed by atoms with Crippen LogP contribution in [0.1, 0.15) is 21.4 Å². The zero-order valence-corrected chi connectivity index (χ0v) is 11.8. The van der Waals surface area contributed by atoms with Crippen molar-refractivity contribution in [1.82, 2.24) is 15.5 Å². The van der Waals surface area contributed by atoms with Crippen molar-refractivity contribution in [3.63, 3.8) is 0 Å². The van der Waals surface area contributed by atoms with Crippen molar-refractivity contribution in [3.8, 4) is 0 Å². The van der Waals surface area contributed by atoms with E-state index in [2.05, 4.69) is 15.5 Å². The number of hydrogen-bond acceptors (Lipinski definition) is 6. The minimum Gasteiger partial charge on any atom is -0.397 e. The third-order valence-electron chi connectivity index (χ3n) is 2.87. The van der Waals surface area contributed by atoms with Crippen LogP contribution in [0.2, 0.25) is 0 Å². The fourth-order valence-electron chi connectivity index (χ4n) is 1.91. The van der Waals surface area contributed by atoms with Gasteiger partial charge in [0.15, 0.2) is 5.82 Å². The molecule has 0 atom stereocenters. The topological polar surface area (TPSA) is 94.0 Å². The Labute approximate surface area is 122 Å². The molecule has 2 aromatic heterocycles. The van der Waals surface area contributed by atoms with E-state index < -0.39 is 0 Å². The molecule has 0 spiro atoms. The number of carbonyl (C=O) groups excluding carboxylic acids is 1. The summed E-state index contributed by atoms with van der Waals surface area (Å²) >= 11 is 1.21. The number of amides is 1. The maximum atomic E-state index is 13.2. The van der Waals surface area contributed by atoms with Gasteiger partial charge in [-0.1, -0.05) is 5.16 Å². The van der Waals surface area contributed by atoms with E-state index in [0.29, 0.717) is 22.0 Å². The Morgan fingerprint density at radius 1 is 1.52 bits per heavy atom. The summed E-state index contributed by atoms with van der Waals surface area (Å²) in [4.78, 5) is 16.5. The molecule has 3 N–H and O–H groups in total. The average molecular weight is 306 g/mol. The minimum absolute atomic E-state index is 0.137. The number of aromatic nitrogens is 2. The number of benzene rings is 1. The molecular formula is C13H11FN4O2S. The van der Waals surface area contributed by atoms with E-state index in [-0.39, 0.29) is 24.0 Å². The highest BCUT2D eigenvalue weighted by atomic mass is 32.1. The lowest BCUT2D eigenvalue weighted by Crippen LogP contribution is -2.23. The molecule has 0 saturated heterocycles. The second-order valence-electron chi connectivity index (χ2n) is 4.40. The number of rotatable bonds is 3. The molecular weight excluding hydrogens is 295 g/mol. The summed E-state index contributed by atoms with van der Waals surface area (Å²) in [6.45, 7) is 1.80. The van der Waals surface area contributed by atoms with Gasteiger partial charge in [0.1, 0.15) is 10.7 Å². The normalized spacial score (nSPS) is 11.0. The Morgan fingerprint density at radius 2 is 2.33 bits per heavy atom. The standard InChI is InChI=1S/C13H11FN4O2S/c1-6-17-10(18-20-6)5-16-13(19)12-11(15)8-4-7(14)2-3-9(8)21-12/h2-4H,5,15H2,1H3,(H,16,19). The van der Waals surface area contributed by atoms with Crippen LogP contribution < -0.4 is 11.1 Å². The van der Waals surface area contributed by atoms with Gasteiger partial charge in [-0.25, -0.2) is 4.39 Å². The van der Waals surface area contributed by atoms with Crippen LogP contribution in [0.25, 0.3) is 10.1 Å². The molecule has 2 heterocycles. The first-order valence-corrected chi connectivity index (χ1v) is 6.91. The molecule has 0 fully saturated rings. The van der Waals surface area contributed by atoms with E-state index in [4.69, 9.17) is 10.3 Å². The van der Waals surface area contributed by atoms with Gasteiger partial charge in [-0.2, -0.15) is 4.98 Å². The molecule has 0 bridgehead atoms. The van der Waals surface area contributed by atoms with Crippen molar-refractivity contribution in [2.75, 3.05) is 5.73 Å². The zero-order chi connectivity index (χ0) is 15.0. The van der Waals surface area contributed by atoms with Crippen LogP contribution >= 0.6 is 11.3 Å². The summed E-state index contributed by atoms with van der Waals surface area (Å²) in [5, 5.41) is 6.88. The molecule has 0 radical (unpaired) electrons. The van der Waals surface area contributed by atoms with E-state index in [9.17, 15) is 9.18 Å². The number of anilines is 1. The zero-order valence-electron chi connectivity index (χ0n) is 11.0. The molecule has 21 heavy (non-hydrogen) atoms. The van der Waals surface area contributed by atoms with Crippen LogP contribution in [0, 0.1) is 12.7 Å². The maximum absolute atomic E-state index is 13.2. The van der Waals surface area contributed by atoms with Gasteiger partial charge in [0.25, 0.3) is 5.91 Å². The Kier molecular flexibility index (Phi) is 3.30. The molecule has 3 aromatic rings. The monoisotopic (exact) mass is 306 g/mol. The molecule has 1 aromatic carbocycles. The summed E-state index contributed by atoms with van der Waals surface area (Å²) in [6.07, 6.45) is 0. The van der Waals surface area contributed by atoms with Gasteiger partial charge in [0, 0.05) is 17.0 Å². The van der Waals surface area contributed by atoms with Crippen LogP contribution in [-0.2, 0) is 6.54 Å². The van der Waals surface area contributed by atoms with Crippen molar-refractivity contribution in [3.05, 3.63) is 40.6 Å². The lowest BCUT2D eigenvalue weighted by atomic mass is 10.2. The first-order valence-electron chi connectivity index (χ1n) is 6.09. The lowest BCUT2D eigenvalue weighted by molar-refractivity contribution is 0.0954. The SMILES string of the molecule is Cc1nc(CNC(=O)c2sc3ccc(F)cc3c2N)no1. The highest BCUT2D eigenvalue weighted by Crippen LogP contribution is 2.33. The van der Waals surface area contributed by atoms with Gasteiger partial charge < -0.3 is 15.6 Å². The number of nitrogens with two attached hydrogens (primary N) is 1. The highest BCUT2D eigenvalue weighted by molar-refractivity contribution is 7.21. The smallest absolute Gasteiger partial charge is 0.263 e. The number of fused-ring (bicyclic) bond motifs is 1. The number of hydrogen-bond donors (Lipinski definition) is 2. The van der Waals surface area contributed by atoms with Gasteiger partial charge in [-0.05, 0) is 18.2 Å². The summed E-state index contributed by atoms with van der Waals surface area (Å²) < 4.78 is 18.8. The summed E-state index contributed by atoms with van der Waals surface area (Å²) in [5.41, 5.74) is 6.19. The van der Waals surface area contributed by atoms with E-state index >= 15 is 0 Å². The number of nitrogens with zero attached hydrogens (tertiary/aromatic N) is 2. The Hall–Kier alpha value is -2.48. The van der Waals surface area contributed by atoms with Crippen LogP contribution in [0.3, 0.4) is 0 Å². The quantitative estimate of drug-likeness (QED) is 0.774. The lowest BCUT2D eigenvalue weighted by Gasteiger charge is -2.00. The largest absolute Gasteiger partial charge is 0.397 e. The Balaban J connectivity index is 1.82. The highest BCUT2D eigenvalue weighted by Gasteiger charge is 2.17. The molecule has 1 amide bonds. The van der Waals surface area contributed by atoms with Crippen molar-refractivity contribution in [2.24, 2.45) is 0 Å². The van der Waals surface area contributed by atoms with Gasteiger partial charge in [-0.15, -0.1) is 11.3 Å². The predicted octanol–water partition coefficient (Wildman–Crippen LogP) is 2.24. The summed E-state index contributed by atoms with van der Waals surface area (Å²) in [7, 11) is 0. The van der Waals surface area contributed by atoms with Crippen LogP contribution in [0.5, 0.6) is 0 Å². The Morgan fingerprint density at radius 3 is 3.05 bits per heavy atom. The fourth-order valence-corrected chi connectivity index (χ4v) is 2.93. The molecule has 6 nitrogen and oxygen atoms in total. The number of halogens is 1. The van der Waals surface area contributed by atoms with Crippen LogP contribution in [0.4, 0.5) is 10.1 Å². The Bertz CT molecular complexity index is 827. The summed E-state index contributed by atoms with van der Waals surface area (Å²) in [6, 6.07) is 4.26. The molecule has 0 aliphatic carbocycles. The van der Waals surface area contributed by atoms with Crippen LogP contribution in [0.15, 0.2) is 22.7 Å². The predicted molar refractivity (Wildman–Crippen MR) is 76.4 cm³/mol.